The number of hydrogen-bond acceptors (Lipinski definition) is 8. The van der Waals surface area contributed by atoms with Gasteiger partial charge in [0.1, 0.15) is 5.44 Å². The summed E-state index contributed by atoms with van der Waals surface area (Å²) in [6.07, 6.45) is 0. The highest BCUT2D eigenvalue weighted by atomic mass is 33.7. The fraction of sp³-hybridized carbons (Fsp3) is 1.00. The molecule has 8 heteroatoms. The topological polar surface area (TPSA) is 80.9 Å². The van der Waals surface area contributed by atoms with Crippen LogP contribution in [0.15, 0.2) is 0 Å². The first-order chi connectivity index (χ1) is 6.16. The zero-order chi connectivity index (χ0) is 10.3. The Bertz CT molecular complexity index is 123. The first-order valence-electron chi connectivity index (χ1n) is 3.31. The minimum Gasteiger partial charge on any atom is -0.395 e. The van der Waals surface area contributed by atoms with Gasteiger partial charge in [0.05, 0.1) is 25.2 Å². The van der Waals surface area contributed by atoms with Crippen LogP contribution in [0.1, 0.15) is 0 Å². The van der Waals surface area contributed by atoms with Crippen molar-refractivity contribution in [1.82, 2.24) is 0 Å². The van der Waals surface area contributed by atoms with Gasteiger partial charge >= 0.3 is 0 Å². The molecule has 0 aliphatic heterocycles. The zero-order valence-corrected chi connectivity index (χ0v) is 10.0. The summed E-state index contributed by atoms with van der Waals surface area (Å²) in [6, 6.07) is 0. The predicted octanol–water partition coefficient (Wildman–Crippen LogP) is 0.142. The summed E-state index contributed by atoms with van der Waals surface area (Å²) >= 11 is 3.84. The first kappa shape index (κ1) is 14.2. The quantitative estimate of drug-likeness (QED) is 0.254. The van der Waals surface area contributed by atoms with Crippen molar-refractivity contribution in [3.8, 4) is 0 Å². The van der Waals surface area contributed by atoms with Crippen LogP contribution in [-0.4, -0.2) is 45.7 Å². The largest absolute Gasteiger partial charge is 0.395 e. The van der Waals surface area contributed by atoms with Gasteiger partial charge < -0.3 is 20.4 Å². The maximum absolute atomic E-state index is 9.51. The van der Waals surface area contributed by atoms with E-state index in [4.69, 9.17) is 15.3 Å². The normalized spacial score (nSPS) is 14.5. The van der Waals surface area contributed by atoms with Crippen molar-refractivity contribution in [2.45, 2.75) is 5.44 Å². The molecule has 0 saturated carbocycles. The molecule has 0 spiro atoms. The van der Waals surface area contributed by atoms with E-state index >= 15 is 0 Å². The maximum Gasteiger partial charge on any atom is 0.122 e. The van der Waals surface area contributed by atoms with Gasteiger partial charge in [-0.05, 0) is 30.4 Å². The van der Waals surface area contributed by atoms with E-state index in [-0.39, 0.29) is 0 Å². The van der Waals surface area contributed by atoms with Crippen LogP contribution in [0.3, 0.4) is 0 Å². The Morgan fingerprint density at radius 3 is 1.92 bits per heavy atom. The van der Waals surface area contributed by atoms with Gasteiger partial charge in [0.25, 0.3) is 0 Å². The van der Waals surface area contributed by atoms with Gasteiger partial charge in [0, 0.05) is 0 Å². The summed E-state index contributed by atoms with van der Waals surface area (Å²) in [5.74, 6) is 0. The third-order valence-electron chi connectivity index (χ3n) is 1.63. The third kappa shape index (κ3) is 4.08. The second-order valence-electron chi connectivity index (χ2n) is 2.43. The maximum atomic E-state index is 9.51. The van der Waals surface area contributed by atoms with E-state index in [1.807, 2.05) is 0 Å². The summed E-state index contributed by atoms with van der Waals surface area (Å²) in [7, 11) is 3.39. The van der Waals surface area contributed by atoms with Crippen LogP contribution in [0.25, 0.3) is 0 Å². The summed E-state index contributed by atoms with van der Waals surface area (Å²) in [6.45, 7) is -1.40. The number of aliphatic hydroxyl groups is 4. The molecule has 0 aromatic rings. The van der Waals surface area contributed by atoms with Crippen molar-refractivity contribution in [3.05, 3.63) is 0 Å². The summed E-state index contributed by atoms with van der Waals surface area (Å²) in [5, 5.41) is 36.3. The molecule has 4 nitrogen and oxygen atoms in total. The molecule has 13 heavy (non-hydrogen) atoms. The van der Waals surface area contributed by atoms with E-state index in [9.17, 15) is 5.11 Å². The average molecular weight is 264 g/mol. The zero-order valence-electron chi connectivity index (χ0n) is 6.66. The van der Waals surface area contributed by atoms with Crippen LogP contribution in [-0.2, 0) is 0 Å². The molecule has 1 unspecified atom stereocenters. The van der Waals surface area contributed by atoms with Crippen LogP contribution >= 0.6 is 42.1 Å². The van der Waals surface area contributed by atoms with Crippen molar-refractivity contribution >= 4 is 42.1 Å². The van der Waals surface area contributed by atoms with Crippen LogP contribution in [0.4, 0.5) is 0 Å². The number of hydrogen-bond donors (Lipinski definition) is 5. The number of rotatable bonds is 7. The Kier molecular flexibility index (Phi) is 8.24. The minimum atomic E-state index is -1.25. The number of aliphatic hydroxyl groups excluding tert-OH is 4. The van der Waals surface area contributed by atoms with E-state index < -0.39 is 30.7 Å². The molecule has 80 valence electrons. The standard InChI is InChI=1S/C5H12O4S4/c6-1-5(2-7,3-8)4(9)11-13-12-10/h4,6-10H,1-3H2. The lowest BCUT2D eigenvalue weighted by molar-refractivity contribution is -0.0467. The third-order valence-corrected chi connectivity index (χ3v) is 6.31. The lowest BCUT2D eigenvalue weighted by atomic mass is 9.92. The number of thiol groups is 1. The fourth-order valence-electron chi connectivity index (χ4n) is 0.541. The molecule has 0 aliphatic carbocycles. The lowest BCUT2D eigenvalue weighted by Crippen LogP contribution is -2.43. The van der Waals surface area contributed by atoms with E-state index in [2.05, 4.69) is 11.7 Å². The molecule has 1 atom stereocenters. The first-order valence-corrected chi connectivity index (χ1v) is 7.91. The highest BCUT2D eigenvalue weighted by Crippen LogP contribution is 2.43. The molecule has 0 aliphatic rings. The highest BCUT2D eigenvalue weighted by molar-refractivity contribution is 9.23. The van der Waals surface area contributed by atoms with Gasteiger partial charge in [-0.15, -0.1) is 0 Å². The van der Waals surface area contributed by atoms with Gasteiger partial charge in [-0.1, -0.05) is 11.7 Å². The van der Waals surface area contributed by atoms with Crippen molar-refractivity contribution in [2.24, 2.45) is 5.41 Å². The molecule has 0 rings (SSSR count). The molecule has 0 amide bonds. The minimum absolute atomic E-state index is 0.466. The van der Waals surface area contributed by atoms with Gasteiger partial charge in [0.15, 0.2) is 0 Å². The highest BCUT2D eigenvalue weighted by Gasteiger charge is 2.37. The van der Waals surface area contributed by atoms with E-state index in [1.54, 1.807) is 0 Å². The second kappa shape index (κ2) is 7.52. The molecule has 0 heterocycles. The monoisotopic (exact) mass is 264 g/mol. The summed E-state index contributed by atoms with van der Waals surface area (Å²) in [4.78, 5) is 0. The van der Waals surface area contributed by atoms with Gasteiger partial charge in [0.2, 0.25) is 0 Å². The SMILES string of the molecule is OCC(CO)(CO)C(O)SSSS. The Morgan fingerprint density at radius 1 is 1.15 bits per heavy atom. The van der Waals surface area contributed by atoms with E-state index in [0.29, 0.717) is 0 Å². The average Bonchev–Trinajstić information content (AvgIpc) is 2.18. The lowest BCUT2D eigenvalue weighted by Gasteiger charge is -2.31. The molecule has 0 radical (unpaired) electrons. The van der Waals surface area contributed by atoms with Crippen LogP contribution in [0.5, 0.6) is 0 Å². The molecule has 0 aromatic carbocycles. The Morgan fingerprint density at radius 2 is 1.62 bits per heavy atom. The molecule has 0 aromatic heterocycles. The van der Waals surface area contributed by atoms with Crippen molar-refractivity contribution in [2.75, 3.05) is 19.8 Å². The Labute approximate surface area is 93.1 Å². The van der Waals surface area contributed by atoms with Crippen molar-refractivity contribution < 1.29 is 20.4 Å². The molecule has 0 fully saturated rings. The van der Waals surface area contributed by atoms with Gasteiger partial charge in [-0.3, -0.25) is 0 Å². The predicted molar refractivity (Wildman–Crippen MR) is 61.5 cm³/mol. The Hall–Kier alpha value is 1.24. The molecular formula is C5H12O4S4. The second-order valence-corrected chi connectivity index (χ2v) is 7.35. The van der Waals surface area contributed by atoms with Gasteiger partial charge in [-0.25, -0.2) is 0 Å². The smallest absolute Gasteiger partial charge is 0.122 e. The van der Waals surface area contributed by atoms with Gasteiger partial charge in [-0.2, -0.15) is 0 Å². The van der Waals surface area contributed by atoms with Crippen molar-refractivity contribution in [3.63, 3.8) is 0 Å². The molecular weight excluding hydrogens is 252 g/mol. The fourth-order valence-corrected chi connectivity index (χ4v) is 3.95. The van der Waals surface area contributed by atoms with Crippen LogP contribution < -0.4 is 0 Å². The van der Waals surface area contributed by atoms with E-state index in [1.165, 1.54) is 9.83 Å². The molecule has 0 saturated heterocycles. The molecule has 4 N–H and O–H groups in total. The van der Waals surface area contributed by atoms with Crippen LogP contribution in [0.2, 0.25) is 0 Å². The summed E-state index contributed by atoms with van der Waals surface area (Å²) in [5.41, 5.74) is -2.28. The van der Waals surface area contributed by atoms with E-state index in [0.717, 1.165) is 20.6 Å². The van der Waals surface area contributed by atoms with Crippen LogP contribution in [0, 0.1) is 5.41 Å². The molecule has 0 bridgehead atoms. The Balaban J connectivity index is 4.17. The van der Waals surface area contributed by atoms with Crippen molar-refractivity contribution in [1.29, 1.82) is 0 Å². The summed E-state index contributed by atoms with van der Waals surface area (Å²) < 4.78 is 0.